The molecular formula is C65H82FN13O17S2. The van der Waals surface area contributed by atoms with E-state index >= 15 is 4.39 Å². The number of cyclic esters (lactones) is 1. The van der Waals surface area contributed by atoms with E-state index in [4.69, 9.17) is 19.2 Å². The van der Waals surface area contributed by atoms with E-state index in [1.165, 1.54) is 23.6 Å². The van der Waals surface area contributed by atoms with Crippen molar-refractivity contribution < 1.29 is 78.7 Å². The highest BCUT2D eigenvalue weighted by molar-refractivity contribution is 7.89. The zero-order valence-corrected chi connectivity index (χ0v) is 57.0. The molecule has 0 bridgehead atoms. The molecule has 5 atom stereocenters. The van der Waals surface area contributed by atoms with Gasteiger partial charge in [-0.25, -0.2) is 37.3 Å². The number of pyridine rings is 3. The third kappa shape index (κ3) is 17.4. The van der Waals surface area contributed by atoms with Crippen molar-refractivity contribution in [1.29, 1.82) is 0 Å². The molecule has 0 spiro atoms. The van der Waals surface area contributed by atoms with Gasteiger partial charge in [0, 0.05) is 97.5 Å². The summed E-state index contributed by atoms with van der Waals surface area (Å²) in [7, 11) is -5.24. The first kappa shape index (κ1) is 73.6. The number of esters is 1. The average Bonchev–Trinajstić information content (AvgIpc) is 1.29. The number of ether oxygens (including phenoxy) is 3. The first-order valence-electron chi connectivity index (χ1n) is 32.1. The van der Waals surface area contributed by atoms with Crippen LogP contribution < -0.4 is 47.6 Å². The molecule has 6 amide bonds. The molecule has 6 heterocycles. The van der Waals surface area contributed by atoms with Crippen molar-refractivity contribution in [2.75, 3.05) is 63.9 Å². The van der Waals surface area contributed by atoms with Gasteiger partial charge in [-0.2, -0.15) is 8.42 Å². The number of aliphatic hydroxyl groups is 1. The lowest BCUT2D eigenvalue weighted by Gasteiger charge is -2.31. The highest BCUT2D eigenvalue weighted by Crippen LogP contribution is 2.46. The Morgan fingerprint density at radius 3 is 2.30 bits per heavy atom. The van der Waals surface area contributed by atoms with Crippen molar-refractivity contribution in [2.45, 2.75) is 136 Å². The minimum absolute atomic E-state index is 0.0127. The molecular weight excluding hydrogens is 1320 g/mol. The number of sulfonamides is 1. The third-order valence-electron chi connectivity index (χ3n) is 17.5. The molecule has 1 aliphatic carbocycles. The number of carbonyl (C=O) groups excluding carboxylic acids is 7. The van der Waals surface area contributed by atoms with Gasteiger partial charge in [0.25, 0.3) is 15.7 Å². The second-order valence-electron chi connectivity index (χ2n) is 24.7. The number of carbonyl (C=O) groups is 7. The van der Waals surface area contributed by atoms with Crippen molar-refractivity contribution in [1.82, 2.24) is 60.8 Å². The molecule has 0 radical (unpaired) electrons. The second-order valence-corrected chi connectivity index (χ2v) is 28.1. The largest absolute Gasteiger partial charge is 0.458 e. The maximum Gasteiger partial charge on any atom is 0.343 e. The first-order valence-corrected chi connectivity index (χ1v) is 35.3. The Morgan fingerprint density at radius 2 is 1.59 bits per heavy atom. The van der Waals surface area contributed by atoms with Crippen LogP contribution in [0.4, 0.5) is 10.1 Å². The smallest absolute Gasteiger partial charge is 0.343 e. The predicted molar refractivity (Wildman–Crippen MR) is 356 cm³/mol. The zero-order chi connectivity index (χ0) is 71.0. The van der Waals surface area contributed by atoms with Crippen LogP contribution >= 0.6 is 0 Å². The monoisotopic (exact) mass is 1400 g/mol. The first-order chi connectivity index (χ1) is 46.5. The fourth-order valence-corrected chi connectivity index (χ4v) is 14.0. The van der Waals surface area contributed by atoms with Crippen molar-refractivity contribution >= 4 is 89.2 Å². The van der Waals surface area contributed by atoms with Crippen LogP contribution in [-0.4, -0.2) is 169 Å². The van der Waals surface area contributed by atoms with E-state index in [2.05, 4.69) is 47.0 Å². The molecule has 0 saturated heterocycles. The summed E-state index contributed by atoms with van der Waals surface area (Å²) in [5.74, 6) is -7.18. The number of aromatic nitrogens is 4. The lowest BCUT2D eigenvalue weighted by Crippen LogP contribution is -2.53. The Balaban J connectivity index is 0.668. The van der Waals surface area contributed by atoms with Crippen LogP contribution in [0.25, 0.3) is 33.3 Å². The number of benzene rings is 2. The van der Waals surface area contributed by atoms with Gasteiger partial charge >= 0.3 is 5.97 Å². The summed E-state index contributed by atoms with van der Waals surface area (Å²) in [6, 6.07) is 10.3. The number of hydrazine groups is 1. The number of rotatable bonds is 33. The Labute approximate surface area is 564 Å². The Hall–Kier alpha value is -8.67. The van der Waals surface area contributed by atoms with Crippen LogP contribution in [0.15, 0.2) is 65.6 Å². The zero-order valence-electron chi connectivity index (χ0n) is 55.3. The van der Waals surface area contributed by atoms with Crippen LogP contribution in [0, 0.1) is 18.7 Å². The van der Waals surface area contributed by atoms with Gasteiger partial charge in [-0.1, -0.05) is 32.9 Å². The van der Waals surface area contributed by atoms with Gasteiger partial charge in [-0.15, -0.1) is 0 Å². The summed E-state index contributed by atoms with van der Waals surface area (Å²) >= 11 is 0. The molecule has 0 fully saturated rings. The summed E-state index contributed by atoms with van der Waals surface area (Å²) in [6.45, 7) is 8.34. The minimum atomic E-state index is -4.68. The number of aryl methyl sites for hydroxylation is 2. The van der Waals surface area contributed by atoms with Crippen LogP contribution in [-0.2, 0) is 113 Å². The molecule has 0 unspecified atom stereocenters. The summed E-state index contributed by atoms with van der Waals surface area (Å²) < 4.78 is 98.6. The van der Waals surface area contributed by atoms with Crippen LogP contribution in [0.1, 0.15) is 110 Å². The van der Waals surface area contributed by atoms with Gasteiger partial charge < -0.3 is 60.4 Å². The molecule has 30 nitrogen and oxygen atoms in total. The van der Waals surface area contributed by atoms with Gasteiger partial charge in [0.2, 0.25) is 45.5 Å². The quantitative estimate of drug-likeness (QED) is 0.0121. The molecule has 9 rings (SSSR count). The van der Waals surface area contributed by atoms with E-state index in [1.807, 2.05) is 28.8 Å². The van der Waals surface area contributed by atoms with Crippen LogP contribution in [0.5, 0.6) is 0 Å². The summed E-state index contributed by atoms with van der Waals surface area (Å²) in [6.07, 6.45) is 1.41. The molecule has 2 aliphatic heterocycles. The predicted octanol–water partition coefficient (Wildman–Crippen LogP) is 1.64. The number of nitrogens with zero attached hydrogens (tertiary/aromatic N) is 5. The lowest BCUT2D eigenvalue weighted by molar-refractivity contribution is -0.172. The fraction of sp³-hybridized carbons (Fsp3) is 0.477. The van der Waals surface area contributed by atoms with Crippen molar-refractivity contribution in [3.8, 4) is 11.4 Å². The summed E-state index contributed by atoms with van der Waals surface area (Å²) in [5.41, 5.74) is 5.98. The second kappa shape index (κ2) is 31.5. The van der Waals surface area contributed by atoms with Crippen molar-refractivity contribution in [3.05, 3.63) is 122 Å². The average molecular weight is 1400 g/mol. The number of amides is 6. The highest BCUT2D eigenvalue weighted by atomic mass is 32.2. The summed E-state index contributed by atoms with van der Waals surface area (Å²) in [4.78, 5) is 115. The Morgan fingerprint density at radius 1 is 0.867 bits per heavy atom. The van der Waals surface area contributed by atoms with E-state index in [0.717, 1.165) is 11.1 Å². The van der Waals surface area contributed by atoms with Gasteiger partial charge in [-0.3, -0.25) is 43.5 Å². The number of nitrogens with one attached hydrogen (secondary N) is 8. The molecule has 2 aromatic carbocycles. The van der Waals surface area contributed by atoms with E-state index in [1.54, 1.807) is 71.3 Å². The maximum atomic E-state index is 15.5. The molecule has 33 heteroatoms. The molecule has 6 aromatic rings. The van der Waals surface area contributed by atoms with Crippen molar-refractivity contribution in [2.24, 2.45) is 5.92 Å². The Bertz CT molecular complexity index is 4360. The highest BCUT2D eigenvalue weighted by Gasteiger charge is 2.46. The summed E-state index contributed by atoms with van der Waals surface area (Å²) in [5, 5.41) is 30.3. The van der Waals surface area contributed by atoms with Crippen molar-refractivity contribution in [3.63, 3.8) is 0 Å². The topological polar surface area (TPSA) is 408 Å². The number of anilines is 1. The minimum Gasteiger partial charge on any atom is -0.458 e. The maximum absolute atomic E-state index is 15.5. The standard InChI is InChI=1S/C65H82FN13O17S2/c1-8-65(88)46-29-51-58-44(33-79(51)63(86)45(46)34-96-64(65)87)56-48(16-15-43-37(4)47(66)30-49(74-58)55(43)56)76-97(89,90)27-19-52(80)70-31-39-11-13-41(14-12-39)72-60(83)38(5)71-62(85)57(36(2)3)75-54(82)18-23-94-25-26-95-24-21-69-61(84)50(35-98(91,92)93)73-53(81)17-22-78-42(32-77(7)67-6)28-40-10-9-20-68-59(40)78/h9-14,20,28-30,36,38,48,50,57,67,76,88H,8,15-19,21-27,31-35H2,1-7H3,(H,69,84)(H,70,80)(H,71,85)(H,72,83)(H,73,81)(H,75,82)(H,91,92,93)/t38-,48-,50-,57-,65-/m0/s1. The molecule has 0 saturated carbocycles. The van der Waals surface area contributed by atoms with E-state index < -0.39 is 121 Å². The number of hydrogen-bond donors (Lipinski definition) is 10. The molecule has 4 aromatic heterocycles. The Kier molecular flexibility index (Phi) is 23.6. The molecule has 10 N–H and O–H groups in total. The fourth-order valence-electron chi connectivity index (χ4n) is 12.1. The van der Waals surface area contributed by atoms with Crippen LogP contribution in [0.2, 0.25) is 0 Å². The molecule has 528 valence electrons. The number of hydrogen-bond acceptors (Lipinski definition) is 20. The van der Waals surface area contributed by atoms with Gasteiger partial charge in [0.1, 0.15) is 41.9 Å². The molecule has 3 aliphatic rings. The van der Waals surface area contributed by atoms with Gasteiger partial charge in [0.15, 0.2) is 5.60 Å². The van der Waals surface area contributed by atoms with Gasteiger partial charge in [0.05, 0.1) is 67.7 Å². The number of halogens is 1. The van der Waals surface area contributed by atoms with E-state index in [-0.39, 0.29) is 119 Å². The van der Waals surface area contributed by atoms with E-state index in [9.17, 15) is 64.9 Å². The van der Waals surface area contributed by atoms with E-state index in [0.29, 0.717) is 57.5 Å². The van der Waals surface area contributed by atoms with Crippen LogP contribution in [0.3, 0.4) is 0 Å². The number of fused-ring (bicyclic) bond motifs is 6. The SMILES string of the molecule is CC[C@@]1(O)C(=O)OCc2c1cc1n(c2=O)Cc2c-1nc1cc(F)c(C)c3c1c2[C@@H](NS(=O)(=O)CCC(=O)NCc1ccc(NC(=O)[C@H](C)NC(=O)[C@@H](NC(=O)CCOCCOCCNC(=O)[C@H](CS(=O)(=O)O)NC(=O)CCn2c(CN(C)NC)cc4cccnc42)C(C)C)cc1)CC3. The molecule has 98 heavy (non-hydrogen) atoms. The third-order valence-corrected chi connectivity index (χ3v) is 19.7. The normalized spacial score (nSPS) is 16.6. The lowest BCUT2D eigenvalue weighted by atomic mass is 9.82. The van der Waals surface area contributed by atoms with Gasteiger partial charge in [-0.05, 0) is 105 Å².